The number of carbonyl (C=O) groups is 2. The summed E-state index contributed by atoms with van der Waals surface area (Å²) >= 11 is 0. The number of aliphatic carboxylic acids is 1. The van der Waals surface area contributed by atoms with Crippen LogP contribution in [0.3, 0.4) is 0 Å². The topological polar surface area (TPSA) is 84.2 Å². The van der Waals surface area contributed by atoms with Crippen LogP contribution in [-0.2, 0) is 17.5 Å². The fraction of sp³-hybridized carbons (Fsp3) is 0.348. The number of carboxylic acid groups (broad SMARTS) is 1. The number of rotatable bonds is 6. The summed E-state index contributed by atoms with van der Waals surface area (Å²) in [6.07, 6.45) is 1.71. The molecule has 9 heteroatoms. The SMILES string of the molecule is CC1(CC(=O)O)CC(NC(=O)c2cncc3ccn(Cc4ccc(C(F)(F)F)cc4)c23)C1. The van der Waals surface area contributed by atoms with Gasteiger partial charge in [-0.3, -0.25) is 14.6 Å². The molecule has 1 saturated carbocycles. The summed E-state index contributed by atoms with van der Waals surface area (Å²) < 4.78 is 40.2. The molecule has 0 atom stereocenters. The van der Waals surface area contributed by atoms with Gasteiger partial charge in [-0.15, -0.1) is 0 Å². The van der Waals surface area contributed by atoms with E-state index in [1.807, 2.05) is 11.5 Å². The van der Waals surface area contributed by atoms with Crippen molar-refractivity contribution in [3.8, 4) is 0 Å². The van der Waals surface area contributed by atoms with E-state index in [2.05, 4.69) is 10.3 Å². The molecule has 0 bridgehead atoms. The number of nitrogens with zero attached hydrogens (tertiary/aromatic N) is 2. The minimum absolute atomic E-state index is 0.0620. The van der Waals surface area contributed by atoms with Gasteiger partial charge in [0.1, 0.15) is 0 Å². The van der Waals surface area contributed by atoms with E-state index in [-0.39, 0.29) is 23.8 Å². The number of halogens is 3. The van der Waals surface area contributed by atoms with Crippen molar-refractivity contribution in [1.29, 1.82) is 0 Å². The van der Waals surface area contributed by atoms with Crippen molar-refractivity contribution in [3.05, 3.63) is 65.6 Å². The van der Waals surface area contributed by atoms with E-state index in [9.17, 15) is 22.8 Å². The van der Waals surface area contributed by atoms with E-state index in [0.29, 0.717) is 36.0 Å². The second kappa shape index (κ2) is 7.96. The average molecular weight is 445 g/mol. The van der Waals surface area contributed by atoms with Gasteiger partial charge in [-0.2, -0.15) is 13.2 Å². The maximum absolute atomic E-state index is 12.9. The Kier molecular flexibility index (Phi) is 5.44. The molecule has 6 nitrogen and oxygen atoms in total. The highest BCUT2D eigenvalue weighted by atomic mass is 19.4. The highest BCUT2D eigenvalue weighted by molar-refractivity contribution is 6.05. The predicted molar refractivity (Wildman–Crippen MR) is 111 cm³/mol. The maximum atomic E-state index is 12.9. The standard InChI is InChI=1S/C23H22F3N3O3/c1-22(10-19(30)31)8-17(9-22)28-21(32)18-12-27-11-15-6-7-29(20(15)18)13-14-2-4-16(5-3-14)23(24,25)26/h2-7,11-12,17H,8-10,13H2,1H3,(H,28,32)(H,30,31). The summed E-state index contributed by atoms with van der Waals surface area (Å²) in [6.45, 7) is 2.19. The monoisotopic (exact) mass is 445 g/mol. The van der Waals surface area contributed by atoms with Gasteiger partial charge in [-0.1, -0.05) is 19.1 Å². The Morgan fingerprint density at radius 1 is 1.19 bits per heavy atom. The molecule has 0 unspecified atom stereocenters. The second-order valence-electron chi connectivity index (χ2n) is 8.72. The molecule has 3 aromatic rings. The van der Waals surface area contributed by atoms with Crippen LogP contribution in [0.25, 0.3) is 10.9 Å². The summed E-state index contributed by atoms with van der Waals surface area (Å²) in [7, 11) is 0. The number of hydrogen-bond acceptors (Lipinski definition) is 3. The summed E-state index contributed by atoms with van der Waals surface area (Å²) in [5.74, 6) is -1.16. The predicted octanol–water partition coefficient (Wildman–Crippen LogP) is 4.48. The first kappa shape index (κ1) is 21.9. The summed E-state index contributed by atoms with van der Waals surface area (Å²) in [6, 6.07) is 6.62. The van der Waals surface area contributed by atoms with Crippen molar-refractivity contribution in [3.63, 3.8) is 0 Å². The molecular weight excluding hydrogens is 423 g/mol. The van der Waals surface area contributed by atoms with Crippen LogP contribution in [0.15, 0.2) is 48.9 Å². The van der Waals surface area contributed by atoms with E-state index in [1.54, 1.807) is 18.5 Å². The molecule has 4 rings (SSSR count). The van der Waals surface area contributed by atoms with Gasteiger partial charge < -0.3 is 15.0 Å². The van der Waals surface area contributed by atoms with Crippen LogP contribution in [-0.4, -0.2) is 32.6 Å². The van der Waals surface area contributed by atoms with E-state index in [4.69, 9.17) is 5.11 Å². The van der Waals surface area contributed by atoms with Gasteiger partial charge in [0.15, 0.2) is 0 Å². The second-order valence-corrected chi connectivity index (χ2v) is 8.72. The minimum atomic E-state index is -4.39. The van der Waals surface area contributed by atoms with Crippen molar-refractivity contribution in [1.82, 2.24) is 14.9 Å². The molecular formula is C23H22F3N3O3. The maximum Gasteiger partial charge on any atom is 0.416 e. The lowest BCUT2D eigenvalue weighted by Crippen LogP contribution is -2.50. The number of hydrogen-bond donors (Lipinski definition) is 2. The quantitative estimate of drug-likeness (QED) is 0.586. The van der Waals surface area contributed by atoms with Crippen LogP contribution >= 0.6 is 0 Å². The lowest BCUT2D eigenvalue weighted by molar-refractivity contribution is -0.141. The lowest BCUT2D eigenvalue weighted by atomic mass is 9.65. The van der Waals surface area contributed by atoms with Gasteiger partial charge in [0.05, 0.1) is 23.1 Å². The molecule has 1 aliphatic carbocycles. The minimum Gasteiger partial charge on any atom is -0.481 e. The number of amides is 1. The Balaban J connectivity index is 1.52. The molecule has 2 heterocycles. The number of carboxylic acids is 1. The highest BCUT2D eigenvalue weighted by Crippen LogP contribution is 2.43. The van der Waals surface area contributed by atoms with Gasteiger partial charge in [-0.25, -0.2) is 0 Å². The molecule has 32 heavy (non-hydrogen) atoms. The zero-order valence-corrected chi connectivity index (χ0v) is 17.3. The number of nitrogens with one attached hydrogen (secondary N) is 1. The third kappa shape index (κ3) is 4.46. The summed E-state index contributed by atoms with van der Waals surface area (Å²) in [4.78, 5) is 28.1. The Morgan fingerprint density at radius 3 is 2.50 bits per heavy atom. The van der Waals surface area contributed by atoms with Crippen LogP contribution in [0.2, 0.25) is 0 Å². The van der Waals surface area contributed by atoms with Crippen LogP contribution in [0.5, 0.6) is 0 Å². The molecule has 0 radical (unpaired) electrons. The molecule has 0 spiro atoms. The molecule has 1 amide bonds. The number of pyridine rings is 1. The fourth-order valence-corrected chi connectivity index (χ4v) is 4.46. The third-order valence-corrected chi connectivity index (χ3v) is 5.94. The molecule has 0 aliphatic heterocycles. The Hall–Kier alpha value is -3.36. The van der Waals surface area contributed by atoms with Gasteiger partial charge >= 0.3 is 12.1 Å². The Bertz CT molecular complexity index is 1160. The van der Waals surface area contributed by atoms with Crippen LogP contribution < -0.4 is 5.32 Å². The third-order valence-electron chi connectivity index (χ3n) is 5.94. The zero-order valence-electron chi connectivity index (χ0n) is 17.3. The first-order valence-electron chi connectivity index (χ1n) is 10.2. The van der Waals surface area contributed by atoms with Gasteiger partial charge in [0.2, 0.25) is 0 Å². The average Bonchev–Trinajstić information content (AvgIpc) is 3.09. The number of alkyl halides is 3. The molecule has 2 N–H and O–H groups in total. The first-order chi connectivity index (χ1) is 15.0. The van der Waals surface area contributed by atoms with E-state index < -0.39 is 17.7 Å². The van der Waals surface area contributed by atoms with E-state index in [1.165, 1.54) is 18.3 Å². The van der Waals surface area contributed by atoms with Crippen molar-refractivity contribution in [2.45, 2.75) is 44.9 Å². The van der Waals surface area contributed by atoms with Crippen LogP contribution in [0, 0.1) is 5.41 Å². The van der Waals surface area contributed by atoms with Crippen molar-refractivity contribution in [2.24, 2.45) is 5.41 Å². The normalized spacial score (nSPS) is 20.7. The molecule has 1 fully saturated rings. The number of aromatic nitrogens is 2. The van der Waals surface area contributed by atoms with Gasteiger partial charge in [0.25, 0.3) is 5.91 Å². The van der Waals surface area contributed by atoms with Crippen LogP contribution in [0.1, 0.15) is 47.7 Å². The van der Waals surface area contributed by atoms with E-state index in [0.717, 1.165) is 17.5 Å². The number of benzene rings is 1. The Labute approximate surface area is 182 Å². The first-order valence-corrected chi connectivity index (χ1v) is 10.2. The molecule has 1 aliphatic rings. The molecule has 1 aromatic carbocycles. The van der Waals surface area contributed by atoms with Gasteiger partial charge in [-0.05, 0) is 42.0 Å². The van der Waals surface area contributed by atoms with Crippen molar-refractivity contribution < 1.29 is 27.9 Å². The van der Waals surface area contributed by atoms with Gasteiger partial charge in [0, 0.05) is 36.6 Å². The number of carbonyl (C=O) groups excluding carboxylic acids is 1. The van der Waals surface area contributed by atoms with Crippen molar-refractivity contribution >= 4 is 22.8 Å². The number of fused-ring (bicyclic) bond motifs is 1. The summed E-state index contributed by atoms with van der Waals surface area (Å²) in [5.41, 5.74) is 0.647. The zero-order chi connectivity index (χ0) is 23.1. The van der Waals surface area contributed by atoms with E-state index >= 15 is 0 Å². The van der Waals surface area contributed by atoms with Crippen molar-refractivity contribution in [2.75, 3.05) is 0 Å². The fourth-order valence-electron chi connectivity index (χ4n) is 4.46. The largest absolute Gasteiger partial charge is 0.481 e. The Morgan fingerprint density at radius 2 is 1.88 bits per heavy atom. The van der Waals surface area contributed by atoms with Crippen LogP contribution in [0.4, 0.5) is 13.2 Å². The molecule has 168 valence electrons. The smallest absolute Gasteiger partial charge is 0.416 e. The lowest BCUT2D eigenvalue weighted by Gasteiger charge is -2.44. The molecule has 0 saturated heterocycles. The summed E-state index contributed by atoms with van der Waals surface area (Å²) in [5, 5.41) is 12.7. The molecule has 2 aromatic heterocycles. The highest BCUT2D eigenvalue weighted by Gasteiger charge is 2.42.